The Morgan fingerprint density at radius 2 is 1.89 bits per heavy atom. The minimum Gasteiger partial charge on any atom is -0.393 e. The third kappa shape index (κ3) is 3.72. The van der Waals surface area contributed by atoms with Crippen LogP contribution >= 0.6 is 11.8 Å². The Labute approximate surface area is 115 Å². The fourth-order valence-electron chi connectivity index (χ4n) is 1.72. The van der Waals surface area contributed by atoms with Gasteiger partial charge in [-0.25, -0.2) is 0 Å². The summed E-state index contributed by atoms with van der Waals surface area (Å²) < 4.78 is 0. The lowest BCUT2D eigenvalue weighted by molar-refractivity contribution is -0.383. The van der Waals surface area contributed by atoms with E-state index in [1.165, 1.54) is 11.6 Å². The highest BCUT2D eigenvalue weighted by Crippen LogP contribution is 2.28. The molecular formula is C14H14N2O2S. The first kappa shape index (κ1) is 13.4. The highest BCUT2D eigenvalue weighted by Gasteiger charge is 2.10. The van der Waals surface area contributed by atoms with Crippen LogP contribution in [0.2, 0.25) is 0 Å². The minimum absolute atomic E-state index is 0.0348. The van der Waals surface area contributed by atoms with E-state index < -0.39 is 4.92 Å². The quantitative estimate of drug-likeness (QED) is 0.392. The number of nitro groups is 1. The van der Waals surface area contributed by atoms with E-state index in [4.69, 9.17) is 5.73 Å². The Kier molecular flexibility index (Phi) is 4.41. The van der Waals surface area contributed by atoms with Gasteiger partial charge in [-0.15, -0.1) is 11.8 Å². The van der Waals surface area contributed by atoms with Gasteiger partial charge in [0, 0.05) is 16.7 Å². The number of rotatable bonds is 5. The molecule has 0 aromatic heterocycles. The van der Waals surface area contributed by atoms with E-state index in [-0.39, 0.29) is 11.4 Å². The molecule has 0 aliphatic rings. The van der Waals surface area contributed by atoms with E-state index in [1.807, 2.05) is 18.2 Å². The molecule has 0 aliphatic carbocycles. The van der Waals surface area contributed by atoms with Crippen molar-refractivity contribution in [2.75, 3.05) is 11.5 Å². The van der Waals surface area contributed by atoms with Crippen molar-refractivity contribution in [3.63, 3.8) is 0 Å². The fraction of sp³-hybridized carbons (Fsp3) is 0.143. The summed E-state index contributed by atoms with van der Waals surface area (Å²) in [6, 6.07) is 15.1. The van der Waals surface area contributed by atoms with Gasteiger partial charge in [0.05, 0.1) is 4.92 Å². The monoisotopic (exact) mass is 274 g/mol. The fourth-order valence-corrected chi connectivity index (χ4v) is 2.67. The maximum Gasteiger partial charge on any atom is 0.292 e. The summed E-state index contributed by atoms with van der Waals surface area (Å²) in [7, 11) is 0. The number of nitrogen functional groups attached to an aromatic ring is 1. The molecule has 0 radical (unpaired) electrons. The SMILES string of the molecule is Nc1cc(SCCc2ccccc2)ccc1[N+](=O)[O-]. The number of anilines is 1. The Hall–Kier alpha value is -2.01. The van der Waals surface area contributed by atoms with Crippen LogP contribution in [0.25, 0.3) is 0 Å². The zero-order valence-electron chi connectivity index (χ0n) is 10.3. The number of hydrogen-bond acceptors (Lipinski definition) is 4. The first-order chi connectivity index (χ1) is 9.16. The van der Waals surface area contributed by atoms with Crippen LogP contribution in [0.1, 0.15) is 5.56 Å². The van der Waals surface area contributed by atoms with Crippen molar-refractivity contribution in [3.05, 3.63) is 64.2 Å². The summed E-state index contributed by atoms with van der Waals surface area (Å²) in [5.41, 5.74) is 7.11. The second-order valence-electron chi connectivity index (χ2n) is 4.06. The molecule has 19 heavy (non-hydrogen) atoms. The van der Waals surface area contributed by atoms with Crippen LogP contribution in [0, 0.1) is 10.1 Å². The number of thioether (sulfide) groups is 1. The summed E-state index contributed by atoms with van der Waals surface area (Å²) >= 11 is 1.65. The van der Waals surface area contributed by atoms with E-state index in [0.29, 0.717) is 0 Å². The lowest BCUT2D eigenvalue weighted by Gasteiger charge is -2.04. The standard InChI is InChI=1S/C14H14N2O2S/c15-13-10-12(6-7-14(13)16(17)18)19-9-8-11-4-2-1-3-5-11/h1-7,10H,8-9,15H2. The maximum atomic E-state index is 10.7. The summed E-state index contributed by atoms with van der Waals surface area (Å²) in [6.45, 7) is 0. The third-order valence-electron chi connectivity index (χ3n) is 2.70. The number of benzene rings is 2. The van der Waals surface area contributed by atoms with Crippen LogP contribution in [0.15, 0.2) is 53.4 Å². The molecule has 98 valence electrons. The van der Waals surface area contributed by atoms with Crippen molar-refractivity contribution >= 4 is 23.1 Å². The Morgan fingerprint density at radius 1 is 1.16 bits per heavy atom. The number of nitro benzene ring substituents is 1. The molecule has 0 amide bonds. The average molecular weight is 274 g/mol. The molecule has 4 nitrogen and oxygen atoms in total. The van der Waals surface area contributed by atoms with E-state index >= 15 is 0 Å². The van der Waals surface area contributed by atoms with Gasteiger partial charge in [-0.05, 0) is 24.1 Å². The Morgan fingerprint density at radius 3 is 2.53 bits per heavy atom. The predicted molar refractivity (Wildman–Crippen MR) is 78.4 cm³/mol. The lowest BCUT2D eigenvalue weighted by atomic mass is 10.2. The predicted octanol–water partition coefficient (Wildman–Crippen LogP) is 3.51. The Bertz CT molecular complexity index is 573. The average Bonchev–Trinajstić information content (AvgIpc) is 2.39. The molecule has 0 bridgehead atoms. The second-order valence-corrected chi connectivity index (χ2v) is 5.23. The van der Waals surface area contributed by atoms with Crippen LogP contribution in [0.5, 0.6) is 0 Å². The van der Waals surface area contributed by atoms with Crippen LogP contribution < -0.4 is 5.73 Å². The van der Waals surface area contributed by atoms with Gasteiger partial charge in [0.2, 0.25) is 0 Å². The van der Waals surface area contributed by atoms with Crippen LogP contribution in [0.4, 0.5) is 11.4 Å². The number of nitrogens with zero attached hydrogens (tertiary/aromatic N) is 1. The molecule has 0 unspecified atom stereocenters. The van der Waals surface area contributed by atoms with Gasteiger partial charge >= 0.3 is 0 Å². The number of hydrogen-bond donors (Lipinski definition) is 1. The molecule has 2 N–H and O–H groups in total. The highest BCUT2D eigenvalue weighted by molar-refractivity contribution is 7.99. The van der Waals surface area contributed by atoms with Crippen LogP contribution in [-0.4, -0.2) is 10.7 Å². The molecule has 0 heterocycles. The normalized spacial score (nSPS) is 10.3. The molecule has 0 aliphatic heterocycles. The van der Waals surface area contributed by atoms with Gasteiger partial charge in [0.25, 0.3) is 5.69 Å². The van der Waals surface area contributed by atoms with Crippen molar-refractivity contribution in [2.45, 2.75) is 11.3 Å². The molecule has 2 rings (SSSR count). The van der Waals surface area contributed by atoms with Crippen molar-refractivity contribution in [1.82, 2.24) is 0 Å². The summed E-state index contributed by atoms with van der Waals surface area (Å²) in [5, 5.41) is 10.7. The smallest absolute Gasteiger partial charge is 0.292 e. The maximum absolute atomic E-state index is 10.7. The molecule has 0 saturated heterocycles. The van der Waals surface area contributed by atoms with E-state index in [2.05, 4.69) is 12.1 Å². The summed E-state index contributed by atoms with van der Waals surface area (Å²) in [4.78, 5) is 11.1. The van der Waals surface area contributed by atoms with Crippen LogP contribution in [-0.2, 0) is 6.42 Å². The van der Waals surface area contributed by atoms with Gasteiger partial charge < -0.3 is 5.73 Å². The van der Waals surface area contributed by atoms with Crippen molar-refractivity contribution in [1.29, 1.82) is 0 Å². The third-order valence-corrected chi connectivity index (χ3v) is 3.69. The van der Waals surface area contributed by atoms with Crippen molar-refractivity contribution < 1.29 is 4.92 Å². The zero-order chi connectivity index (χ0) is 13.7. The molecule has 2 aromatic carbocycles. The van der Waals surface area contributed by atoms with E-state index in [9.17, 15) is 10.1 Å². The van der Waals surface area contributed by atoms with Crippen LogP contribution in [0.3, 0.4) is 0 Å². The number of aryl methyl sites for hydroxylation is 1. The second kappa shape index (κ2) is 6.24. The molecule has 0 fully saturated rings. The largest absolute Gasteiger partial charge is 0.393 e. The summed E-state index contributed by atoms with van der Waals surface area (Å²) in [5.74, 6) is 0.918. The highest BCUT2D eigenvalue weighted by atomic mass is 32.2. The van der Waals surface area contributed by atoms with Crippen molar-refractivity contribution in [3.8, 4) is 0 Å². The Balaban J connectivity index is 1.93. The van der Waals surface area contributed by atoms with E-state index in [0.717, 1.165) is 17.1 Å². The molecule has 0 spiro atoms. The molecular weight excluding hydrogens is 260 g/mol. The van der Waals surface area contributed by atoms with E-state index in [1.54, 1.807) is 23.9 Å². The zero-order valence-corrected chi connectivity index (χ0v) is 11.1. The summed E-state index contributed by atoms with van der Waals surface area (Å²) in [6.07, 6.45) is 0.961. The lowest BCUT2D eigenvalue weighted by Crippen LogP contribution is -1.95. The van der Waals surface area contributed by atoms with Gasteiger partial charge in [-0.3, -0.25) is 10.1 Å². The van der Waals surface area contributed by atoms with Gasteiger partial charge in [-0.1, -0.05) is 30.3 Å². The molecule has 0 saturated carbocycles. The van der Waals surface area contributed by atoms with Crippen molar-refractivity contribution in [2.24, 2.45) is 0 Å². The molecule has 2 aromatic rings. The molecule has 5 heteroatoms. The first-order valence-corrected chi connectivity index (χ1v) is 6.86. The van der Waals surface area contributed by atoms with Gasteiger partial charge in [0.1, 0.15) is 5.69 Å². The number of nitrogens with two attached hydrogens (primary N) is 1. The van der Waals surface area contributed by atoms with Gasteiger partial charge in [0.15, 0.2) is 0 Å². The minimum atomic E-state index is -0.465. The van der Waals surface area contributed by atoms with Gasteiger partial charge in [-0.2, -0.15) is 0 Å². The molecule has 0 atom stereocenters. The first-order valence-electron chi connectivity index (χ1n) is 5.87. The topological polar surface area (TPSA) is 69.2 Å².